The van der Waals surface area contributed by atoms with E-state index in [4.69, 9.17) is 15.0 Å². The van der Waals surface area contributed by atoms with Gasteiger partial charge in [-0.2, -0.15) is 4.98 Å². The van der Waals surface area contributed by atoms with Gasteiger partial charge in [-0.1, -0.05) is 5.16 Å². The summed E-state index contributed by atoms with van der Waals surface area (Å²) >= 11 is 1.59. The molecule has 2 heterocycles. The molecular formula is C13H17N3O2S. The van der Waals surface area contributed by atoms with Crippen LogP contribution >= 0.6 is 11.3 Å². The van der Waals surface area contributed by atoms with Gasteiger partial charge in [0.25, 0.3) is 5.89 Å². The lowest BCUT2D eigenvalue weighted by atomic mass is 9.96. The van der Waals surface area contributed by atoms with Crippen LogP contribution in [0.15, 0.2) is 16.0 Å². The van der Waals surface area contributed by atoms with Crippen LogP contribution in [-0.4, -0.2) is 22.9 Å². The summed E-state index contributed by atoms with van der Waals surface area (Å²) in [6.07, 6.45) is 3.90. The molecule has 6 heteroatoms. The van der Waals surface area contributed by atoms with E-state index in [1.165, 1.54) is 6.42 Å². The zero-order chi connectivity index (χ0) is 13.2. The average molecular weight is 279 g/mol. The molecule has 1 aliphatic carbocycles. The van der Waals surface area contributed by atoms with Gasteiger partial charge in [0.1, 0.15) is 0 Å². The zero-order valence-electron chi connectivity index (χ0n) is 10.8. The maximum Gasteiger partial charge on any atom is 0.268 e. The minimum Gasteiger partial charge on any atom is -0.376 e. The molecule has 2 N–H and O–H groups in total. The molecular weight excluding hydrogens is 262 g/mol. The van der Waals surface area contributed by atoms with Crippen molar-refractivity contribution in [2.75, 3.05) is 6.61 Å². The lowest BCUT2D eigenvalue weighted by Crippen LogP contribution is -2.27. The monoisotopic (exact) mass is 279 g/mol. The third-order valence-electron chi connectivity index (χ3n) is 3.39. The Balaban J connectivity index is 1.65. The number of nitrogens with two attached hydrogens (primary N) is 1. The van der Waals surface area contributed by atoms with Crippen molar-refractivity contribution < 1.29 is 9.26 Å². The first-order valence-corrected chi connectivity index (χ1v) is 7.37. The van der Waals surface area contributed by atoms with Crippen LogP contribution in [0.3, 0.4) is 0 Å². The molecule has 1 atom stereocenters. The molecule has 0 aromatic carbocycles. The van der Waals surface area contributed by atoms with E-state index in [0.717, 1.165) is 23.3 Å². The van der Waals surface area contributed by atoms with Gasteiger partial charge in [-0.25, -0.2) is 0 Å². The first-order chi connectivity index (χ1) is 9.24. The first-order valence-electron chi connectivity index (χ1n) is 6.49. The molecule has 3 rings (SSSR count). The Bertz CT molecular complexity index is 548. The maximum atomic E-state index is 6.02. The Morgan fingerprint density at radius 3 is 3.05 bits per heavy atom. The molecule has 0 bridgehead atoms. The standard InChI is InChI=1S/C13H17N3O2S/c1-8-5-6-19-11(8)13-15-12(16-18-13)10(14)7-17-9-3-2-4-9/h5-6,9-10H,2-4,7,14H2,1H3. The van der Waals surface area contributed by atoms with Gasteiger partial charge in [0, 0.05) is 0 Å². The van der Waals surface area contributed by atoms with E-state index >= 15 is 0 Å². The molecule has 0 amide bonds. The minimum atomic E-state index is -0.321. The Morgan fingerprint density at radius 1 is 1.58 bits per heavy atom. The van der Waals surface area contributed by atoms with Crippen molar-refractivity contribution in [3.05, 3.63) is 22.8 Å². The van der Waals surface area contributed by atoms with Crippen LogP contribution < -0.4 is 5.73 Å². The molecule has 2 aromatic heterocycles. The highest BCUT2D eigenvalue weighted by molar-refractivity contribution is 7.13. The van der Waals surface area contributed by atoms with Gasteiger partial charge in [-0.15, -0.1) is 11.3 Å². The quantitative estimate of drug-likeness (QED) is 0.910. The smallest absolute Gasteiger partial charge is 0.268 e. The highest BCUT2D eigenvalue weighted by Crippen LogP contribution is 2.28. The lowest BCUT2D eigenvalue weighted by molar-refractivity contribution is -0.00549. The summed E-state index contributed by atoms with van der Waals surface area (Å²) in [4.78, 5) is 5.37. The summed E-state index contributed by atoms with van der Waals surface area (Å²) < 4.78 is 10.9. The Kier molecular flexibility index (Phi) is 3.63. The van der Waals surface area contributed by atoms with E-state index in [9.17, 15) is 0 Å². The highest BCUT2D eigenvalue weighted by Gasteiger charge is 2.22. The second-order valence-electron chi connectivity index (χ2n) is 4.88. The summed E-state index contributed by atoms with van der Waals surface area (Å²) in [7, 11) is 0. The van der Waals surface area contributed by atoms with Crippen LogP contribution in [0.25, 0.3) is 10.8 Å². The number of thiophene rings is 1. The molecule has 0 aliphatic heterocycles. The Labute approximate surface area is 115 Å². The van der Waals surface area contributed by atoms with E-state index in [-0.39, 0.29) is 6.04 Å². The van der Waals surface area contributed by atoms with Crippen LogP contribution in [-0.2, 0) is 4.74 Å². The van der Waals surface area contributed by atoms with Crippen molar-refractivity contribution in [2.45, 2.75) is 38.3 Å². The van der Waals surface area contributed by atoms with E-state index in [1.54, 1.807) is 11.3 Å². The fraction of sp³-hybridized carbons (Fsp3) is 0.538. The van der Waals surface area contributed by atoms with Gasteiger partial charge in [-0.3, -0.25) is 0 Å². The predicted molar refractivity (Wildman–Crippen MR) is 72.9 cm³/mol. The largest absolute Gasteiger partial charge is 0.376 e. The van der Waals surface area contributed by atoms with Gasteiger partial charge >= 0.3 is 0 Å². The molecule has 0 spiro atoms. The molecule has 102 valence electrons. The molecule has 5 nitrogen and oxygen atoms in total. The van der Waals surface area contributed by atoms with Crippen molar-refractivity contribution in [1.82, 2.24) is 10.1 Å². The molecule has 2 aromatic rings. The first kappa shape index (κ1) is 12.8. The predicted octanol–water partition coefficient (Wildman–Crippen LogP) is 2.68. The van der Waals surface area contributed by atoms with Crippen LogP contribution in [0.4, 0.5) is 0 Å². The van der Waals surface area contributed by atoms with E-state index in [0.29, 0.717) is 24.4 Å². The lowest BCUT2D eigenvalue weighted by Gasteiger charge is -2.26. The third-order valence-corrected chi connectivity index (χ3v) is 4.40. The number of hydrogen-bond acceptors (Lipinski definition) is 6. The summed E-state index contributed by atoms with van der Waals surface area (Å²) in [6, 6.07) is 1.71. The number of hydrogen-bond donors (Lipinski definition) is 1. The fourth-order valence-corrected chi connectivity index (χ4v) is 2.77. The van der Waals surface area contributed by atoms with Gasteiger partial charge in [0.05, 0.1) is 23.6 Å². The second kappa shape index (κ2) is 5.40. The molecule has 1 fully saturated rings. The molecule has 0 radical (unpaired) electrons. The molecule has 19 heavy (non-hydrogen) atoms. The van der Waals surface area contributed by atoms with Crippen LogP contribution in [0, 0.1) is 6.92 Å². The molecule has 1 saturated carbocycles. The molecule has 0 saturated heterocycles. The molecule has 1 unspecified atom stereocenters. The van der Waals surface area contributed by atoms with Gasteiger partial charge < -0.3 is 15.0 Å². The normalized spacial score (nSPS) is 17.4. The summed E-state index contributed by atoms with van der Waals surface area (Å²) in [5.74, 6) is 1.06. The number of rotatable bonds is 5. The Morgan fingerprint density at radius 2 is 2.42 bits per heavy atom. The topological polar surface area (TPSA) is 74.2 Å². The number of aromatic nitrogens is 2. The van der Waals surface area contributed by atoms with Crippen LogP contribution in [0.5, 0.6) is 0 Å². The average Bonchev–Trinajstić information content (AvgIpc) is 2.94. The summed E-state index contributed by atoms with van der Waals surface area (Å²) in [6.45, 7) is 2.47. The van der Waals surface area contributed by atoms with Gasteiger partial charge in [0.2, 0.25) is 0 Å². The summed E-state index contributed by atoms with van der Waals surface area (Å²) in [5, 5.41) is 5.96. The number of ether oxygens (including phenoxy) is 1. The van der Waals surface area contributed by atoms with E-state index in [1.807, 2.05) is 18.4 Å². The summed E-state index contributed by atoms with van der Waals surface area (Å²) in [5.41, 5.74) is 7.16. The van der Waals surface area contributed by atoms with Crippen molar-refractivity contribution in [3.8, 4) is 10.8 Å². The van der Waals surface area contributed by atoms with Crippen molar-refractivity contribution in [1.29, 1.82) is 0 Å². The number of nitrogens with zero attached hydrogens (tertiary/aromatic N) is 2. The SMILES string of the molecule is Cc1ccsc1-c1nc(C(N)COC2CCC2)no1. The van der Waals surface area contributed by atoms with E-state index in [2.05, 4.69) is 10.1 Å². The second-order valence-corrected chi connectivity index (χ2v) is 5.80. The van der Waals surface area contributed by atoms with Gasteiger partial charge in [0.15, 0.2) is 5.82 Å². The van der Waals surface area contributed by atoms with Crippen molar-refractivity contribution >= 4 is 11.3 Å². The molecule has 1 aliphatic rings. The van der Waals surface area contributed by atoms with Crippen molar-refractivity contribution in [2.24, 2.45) is 5.73 Å². The van der Waals surface area contributed by atoms with Crippen LogP contribution in [0.1, 0.15) is 36.7 Å². The number of aryl methyl sites for hydroxylation is 1. The fourth-order valence-electron chi connectivity index (χ4n) is 1.92. The third kappa shape index (κ3) is 2.70. The highest BCUT2D eigenvalue weighted by atomic mass is 32.1. The zero-order valence-corrected chi connectivity index (χ0v) is 11.7. The van der Waals surface area contributed by atoms with E-state index < -0.39 is 0 Å². The Hall–Kier alpha value is -1.24. The van der Waals surface area contributed by atoms with Gasteiger partial charge in [-0.05, 0) is 43.2 Å². The van der Waals surface area contributed by atoms with Crippen LogP contribution in [0.2, 0.25) is 0 Å². The maximum absolute atomic E-state index is 6.02. The van der Waals surface area contributed by atoms with Crippen molar-refractivity contribution in [3.63, 3.8) is 0 Å². The minimum absolute atomic E-state index is 0.321.